The third kappa shape index (κ3) is 3.32. The summed E-state index contributed by atoms with van der Waals surface area (Å²) >= 11 is 3.64. The van der Waals surface area contributed by atoms with Crippen molar-refractivity contribution in [3.8, 4) is 0 Å². The SMILES string of the molecule is Nc1cc(=O)[nH]c(SC2CCOC3(CCSCC3)C2)n1. The molecule has 3 N–H and O–H groups in total. The number of thioether (sulfide) groups is 2. The molecule has 3 heterocycles. The smallest absolute Gasteiger partial charge is 0.253 e. The average molecular weight is 313 g/mol. The molecular formula is C13H19N3O2S2. The summed E-state index contributed by atoms with van der Waals surface area (Å²) < 4.78 is 6.08. The number of hydrogen-bond acceptors (Lipinski definition) is 6. The molecule has 7 heteroatoms. The molecule has 1 unspecified atom stereocenters. The molecule has 0 aliphatic carbocycles. The summed E-state index contributed by atoms with van der Waals surface area (Å²) in [6, 6.07) is 1.31. The van der Waals surface area contributed by atoms with Crippen LogP contribution in [0.3, 0.4) is 0 Å². The highest BCUT2D eigenvalue weighted by molar-refractivity contribution is 7.99. The first-order valence-electron chi connectivity index (χ1n) is 6.90. The summed E-state index contributed by atoms with van der Waals surface area (Å²) in [5, 5.41) is 1.07. The monoisotopic (exact) mass is 313 g/mol. The van der Waals surface area contributed by atoms with Crippen molar-refractivity contribution < 1.29 is 4.74 Å². The minimum absolute atomic E-state index is 0.0573. The van der Waals surface area contributed by atoms with Crippen molar-refractivity contribution in [1.82, 2.24) is 9.97 Å². The molecule has 1 aromatic heterocycles. The molecule has 1 atom stereocenters. The van der Waals surface area contributed by atoms with Gasteiger partial charge in [-0.15, -0.1) is 0 Å². The Labute approximate surface area is 126 Å². The van der Waals surface area contributed by atoms with Crippen molar-refractivity contribution in [2.75, 3.05) is 23.8 Å². The zero-order valence-corrected chi connectivity index (χ0v) is 12.9. The van der Waals surface area contributed by atoms with Crippen LogP contribution in [0.25, 0.3) is 0 Å². The number of nitrogens with one attached hydrogen (secondary N) is 1. The van der Waals surface area contributed by atoms with Crippen molar-refractivity contribution in [2.45, 2.75) is 41.7 Å². The number of aromatic amines is 1. The Kier molecular flexibility index (Phi) is 4.28. The van der Waals surface area contributed by atoms with Crippen LogP contribution in [-0.2, 0) is 4.74 Å². The average Bonchev–Trinajstić information content (AvgIpc) is 2.38. The van der Waals surface area contributed by atoms with E-state index in [9.17, 15) is 4.79 Å². The molecule has 1 spiro atoms. The fourth-order valence-electron chi connectivity index (χ4n) is 2.84. The van der Waals surface area contributed by atoms with Crippen LogP contribution in [-0.4, -0.2) is 38.9 Å². The van der Waals surface area contributed by atoms with E-state index >= 15 is 0 Å². The largest absolute Gasteiger partial charge is 0.383 e. The molecular weight excluding hydrogens is 294 g/mol. The van der Waals surface area contributed by atoms with Crippen molar-refractivity contribution in [1.29, 1.82) is 0 Å². The second-order valence-corrected chi connectivity index (χ2v) is 7.87. The molecule has 110 valence electrons. The fraction of sp³-hybridized carbons (Fsp3) is 0.692. The van der Waals surface area contributed by atoms with Gasteiger partial charge in [0.15, 0.2) is 5.16 Å². The molecule has 2 saturated heterocycles. The van der Waals surface area contributed by atoms with Crippen LogP contribution < -0.4 is 11.3 Å². The first-order chi connectivity index (χ1) is 9.65. The molecule has 20 heavy (non-hydrogen) atoms. The molecule has 2 aliphatic rings. The van der Waals surface area contributed by atoms with Gasteiger partial charge in [0.05, 0.1) is 5.60 Å². The van der Waals surface area contributed by atoms with Crippen LogP contribution in [0.1, 0.15) is 25.7 Å². The van der Waals surface area contributed by atoms with E-state index in [0.717, 1.165) is 32.3 Å². The van der Waals surface area contributed by atoms with Gasteiger partial charge in [-0.1, -0.05) is 11.8 Å². The van der Waals surface area contributed by atoms with Crippen LogP contribution in [0.5, 0.6) is 0 Å². The second-order valence-electron chi connectivity index (χ2n) is 5.35. The van der Waals surface area contributed by atoms with E-state index in [1.54, 1.807) is 11.8 Å². The zero-order chi connectivity index (χ0) is 14.0. The number of hydrogen-bond donors (Lipinski definition) is 2. The lowest BCUT2D eigenvalue weighted by Gasteiger charge is -2.42. The number of rotatable bonds is 2. The van der Waals surface area contributed by atoms with Gasteiger partial charge < -0.3 is 15.5 Å². The molecule has 0 amide bonds. The summed E-state index contributed by atoms with van der Waals surface area (Å²) in [5.74, 6) is 2.65. The van der Waals surface area contributed by atoms with Crippen molar-refractivity contribution >= 4 is 29.3 Å². The summed E-state index contributed by atoms with van der Waals surface area (Å²) in [7, 11) is 0. The highest BCUT2D eigenvalue weighted by Crippen LogP contribution is 2.41. The number of H-pyrrole nitrogens is 1. The lowest BCUT2D eigenvalue weighted by molar-refractivity contribution is -0.0805. The van der Waals surface area contributed by atoms with Crippen molar-refractivity contribution in [3.05, 3.63) is 16.4 Å². The minimum atomic E-state index is -0.184. The van der Waals surface area contributed by atoms with Crippen LogP contribution in [0.4, 0.5) is 5.82 Å². The maximum absolute atomic E-state index is 11.4. The van der Waals surface area contributed by atoms with Gasteiger partial charge in [0.2, 0.25) is 0 Å². The molecule has 3 rings (SSSR count). The van der Waals surface area contributed by atoms with E-state index in [4.69, 9.17) is 10.5 Å². The topological polar surface area (TPSA) is 81.0 Å². The lowest BCUT2D eigenvalue weighted by atomic mass is 9.88. The van der Waals surface area contributed by atoms with Gasteiger partial charge in [-0.3, -0.25) is 4.79 Å². The Balaban J connectivity index is 1.69. The van der Waals surface area contributed by atoms with Gasteiger partial charge in [-0.05, 0) is 37.2 Å². The predicted molar refractivity (Wildman–Crippen MR) is 83.4 cm³/mol. The van der Waals surface area contributed by atoms with Gasteiger partial charge >= 0.3 is 0 Å². The number of anilines is 1. The quantitative estimate of drug-likeness (QED) is 0.812. The third-order valence-electron chi connectivity index (χ3n) is 3.87. The minimum Gasteiger partial charge on any atom is -0.383 e. The summed E-state index contributed by atoms with van der Waals surface area (Å²) in [4.78, 5) is 18.4. The van der Waals surface area contributed by atoms with Gasteiger partial charge in [-0.2, -0.15) is 11.8 Å². The van der Waals surface area contributed by atoms with E-state index in [0.29, 0.717) is 10.4 Å². The van der Waals surface area contributed by atoms with E-state index in [2.05, 4.69) is 9.97 Å². The van der Waals surface area contributed by atoms with E-state index in [1.165, 1.54) is 17.6 Å². The summed E-state index contributed by atoms with van der Waals surface area (Å²) in [6.07, 6.45) is 4.31. The Morgan fingerprint density at radius 2 is 2.30 bits per heavy atom. The first-order valence-corrected chi connectivity index (χ1v) is 8.94. The second kappa shape index (κ2) is 5.99. The maximum Gasteiger partial charge on any atom is 0.253 e. The number of aromatic nitrogens is 2. The number of nitrogens with zero attached hydrogens (tertiary/aromatic N) is 1. The van der Waals surface area contributed by atoms with E-state index in [1.807, 2.05) is 11.8 Å². The first kappa shape index (κ1) is 14.3. The fourth-order valence-corrected chi connectivity index (χ4v) is 5.31. The highest BCUT2D eigenvalue weighted by atomic mass is 32.2. The standard InChI is InChI=1S/C13H19N3O2S2/c14-10-7-11(17)16-12(15-10)20-9-1-4-18-13(8-9)2-5-19-6-3-13/h7,9H,1-6,8H2,(H3,14,15,16,17). The van der Waals surface area contributed by atoms with Gasteiger partial charge in [0, 0.05) is 17.9 Å². The number of nitrogens with two attached hydrogens (primary N) is 1. The molecule has 5 nitrogen and oxygen atoms in total. The van der Waals surface area contributed by atoms with Gasteiger partial charge in [0.25, 0.3) is 5.56 Å². The summed E-state index contributed by atoms with van der Waals surface area (Å²) in [6.45, 7) is 0.800. The van der Waals surface area contributed by atoms with Crippen LogP contribution in [0, 0.1) is 0 Å². The highest BCUT2D eigenvalue weighted by Gasteiger charge is 2.39. The van der Waals surface area contributed by atoms with E-state index < -0.39 is 0 Å². The van der Waals surface area contributed by atoms with Crippen LogP contribution in [0.15, 0.2) is 16.0 Å². The van der Waals surface area contributed by atoms with Crippen molar-refractivity contribution in [2.24, 2.45) is 0 Å². The molecule has 0 bridgehead atoms. The Morgan fingerprint density at radius 1 is 1.50 bits per heavy atom. The van der Waals surface area contributed by atoms with Gasteiger partial charge in [-0.25, -0.2) is 4.98 Å². The van der Waals surface area contributed by atoms with Gasteiger partial charge in [0.1, 0.15) is 5.82 Å². The third-order valence-corrected chi connectivity index (χ3v) is 6.01. The predicted octanol–water partition coefficient (Wildman–Crippen LogP) is 1.89. The molecule has 0 saturated carbocycles. The van der Waals surface area contributed by atoms with Crippen molar-refractivity contribution in [3.63, 3.8) is 0 Å². The Bertz CT molecular complexity index is 523. The molecule has 2 fully saturated rings. The molecule has 0 aromatic carbocycles. The molecule has 1 aromatic rings. The van der Waals surface area contributed by atoms with Crippen LogP contribution in [0.2, 0.25) is 0 Å². The Morgan fingerprint density at radius 3 is 3.05 bits per heavy atom. The summed E-state index contributed by atoms with van der Waals surface area (Å²) in [5.41, 5.74) is 5.50. The zero-order valence-electron chi connectivity index (χ0n) is 11.3. The van der Waals surface area contributed by atoms with Crippen LogP contribution >= 0.6 is 23.5 Å². The molecule has 2 aliphatic heterocycles. The number of ether oxygens (including phenoxy) is 1. The maximum atomic E-state index is 11.4. The normalized spacial score (nSPS) is 25.7. The Hall–Kier alpha value is -0.660. The van der Waals surface area contributed by atoms with E-state index in [-0.39, 0.29) is 17.0 Å². The number of nitrogen functional groups attached to an aromatic ring is 1. The molecule has 0 radical (unpaired) electrons. The lowest BCUT2D eigenvalue weighted by Crippen LogP contribution is -2.43.